The maximum Gasteiger partial charge on any atom is 0.330 e. The molecule has 0 amide bonds. The van der Waals surface area contributed by atoms with Gasteiger partial charge in [0, 0.05) is 11.6 Å². The smallest absolute Gasteiger partial charge is 0.330 e. The Hall–Kier alpha value is -2.81. The topological polar surface area (TPSA) is 46.5 Å². The molecule has 2 aromatic carbocycles. The Morgan fingerprint density at radius 3 is 2.61 bits per heavy atom. The molecule has 0 atom stereocenters. The van der Waals surface area contributed by atoms with Crippen molar-refractivity contribution in [3.63, 3.8) is 0 Å². The van der Waals surface area contributed by atoms with Crippen LogP contribution in [0.15, 0.2) is 54.6 Å². The van der Waals surface area contributed by atoms with Crippen molar-refractivity contribution in [2.75, 3.05) is 7.11 Å². The SMILES string of the molecule is COC(=O)/C=C/c1ccccc1C/C=C/c1cccc(C)c1O. The number of hydrogen-bond acceptors (Lipinski definition) is 3. The van der Waals surface area contributed by atoms with E-state index in [1.54, 1.807) is 6.08 Å². The van der Waals surface area contributed by atoms with Gasteiger partial charge in [-0.15, -0.1) is 0 Å². The van der Waals surface area contributed by atoms with Gasteiger partial charge >= 0.3 is 5.97 Å². The molecule has 0 spiro atoms. The molecule has 2 rings (SSSR count). The Kier molecular flexibility index (Phi) is 5.75. The molecule has 0 aliphatic heterocycles. The maximum atomic E-state index is 11.2. The predicted octanol–water partition coefficient (Wildman–Crippen LogP) is 4.14. The van der Waals surface area contributed by atoms with E-state index in [2.05, 4.69) is 4.74 Å². The van der Waals surface area contributed by atoms with Crippen LogP contribution in [0.1, 0.15) is 22.3 Å². The van der Waals surface area contributed by atoms with Crippen molar-refractivity contribution in [1.29, 1.82) is 0 Å². The summed E-state index contributed by atoms with van der Waals surface area (Å²) in [6.07, 6.45) is 7.77. The molecule has 1 N–H and O–H groups in total. The van der Waals surface area contributed by atoms with Crippen LogP contribution in [0.2, 0.25) is 0 Å². The third-order valence-corrected chi connectivity index (χ3v) is 3.56. The Morgan fingerprint density at radius 2 is 1.83 bits per heavy atom. The minimum absolute atomic E-state index is 0.308. The summed E-state index contributed by atoms with van der Waals surface area (Å²) in [5, 5.41) is 10.0. The molecule has 0 aromatic heterocycles. The van der Waals surface area contributed by atoms with Gasteiger partial charge in [-0.25, -0.2) is 4.79 Å². The molecule has 0 saturated carbocycles. The lowest BCUT2D eigenvalue weighted by Crippen LogP contribution is -1.94. The molecule has 0 saturated heterocycles. The summed E-state index contributed by atoms with van der Waals surface area (Å²) in [6, 6.07) is 13.5. The van der Waals surface area contributed by atoms with Crippen LogP contribution in [0.4, 0.5) is 0 Å². The van der Waals surface area contributed by atoms with E-state index >= 15 is 0 Å². The average Bonchev–Trinajstić information content (AvgIpc) is 2.57. The fraction of sp³-hybridized carbons (Fsp3) is 0.150. The summed E-state index contributed by atoms with van der Waals surface area (Å²) >= 11 is 0. The molecular formula is C20H20O3. The molecule has 23 heavy (non-hydrogen) atoms. The number of esters is 1. The van der Waals surface area contributed by atoms with Gasteiger partial charge < -0.3 is 9.84 Å². The van der Waals surface area contributed by atoms with E-state index in [9.17, 15) is 9.90 Å². The van der Waals surface area contributed by atoms with E-state index in [1.165, 1.54) is 13.2 Å². The number of benzene rings is 2. The van der Waals surface area contributed by atoms with Gasteiger partial charge in [0.1, 0.15) is 5.75 Å². The number of para-hydroxylation sites is 1. The number of carbonyl (C=O) groups excluding carboxylic acids is 1. The number of phenolic OH excluding ortho intramolecular Hbond substituents is 1. The third-order valence-electron chi connectivity index (χ3n) is 3.56. The zero-order valence-corrected chi connectivity index (χ0v) is 13.3. The zero-order chi connectivity index (χ0) is 16.7. The van der Waals surface area contributed by atoms with Crippen LogP contribution in [-0.4, -0.2) is 18.2 Å². The monoisotopic (exact) mass is 308 g/mol. The number of allylic oxidation sites excluding steroid dienone is 1. The minimum atomic E-state index is -0.375. The molecule has 0 aliphatic carbocycles. The Morgan fingerprint density at radius 1 is 1.09 bits per heavy atom. The van der Waals surface area contributed by atoms with Crippen LogP contribution in [0.25, 0.3) is 12.2 Å². The average molecular weight is 308 g/mol. The highest BCUT2D eigenvalue weighted by Crippen LogP contribution is 2.23. The summed E-state index contributed by atoms with van der Waals surface area (Å²) in [6.45, 7) is 1.87. The standard InChI is InChI=1S/C20H20O3/c1-15-7-5-11-18(20(15)22)12-6-10-16-8-3-4-9-17(16)13-14-19(21)23-2/h3-9,11-14,22H,10H2,1-2H3/b12-6+,14-13+. The molecule has 3 nitrogen and oxygen atoms in total. The maximum absolute atomic E-state index is 11.2. The summed E-state index contributed by atoms with van der Waals surface area (Å²) in [5.74, 6) is -0.0670. The largest absolute Gasteiger partial charge is 0.507 e. The highest BCUT2D eigenvalue weighted by atomic mass is 16.5. The lowest BCUT2D eigenvalue weighted by Gasteiger charge is -2.04. The number of aromatic hydroxyl groups is 1. The van der Waals surface area contributed by atoms with Crippen molar-refractivity contribution >= 4 is 18.1 Å². The first-order valence-electron chi connectivity index (χ1n) is 7.41. The molecule has 0 unspecified atom stereocenters. The summed E-state index contributed by atoms with van der Waals surface area (Å²) < 4.78 is 4.61. The van der Waals surface area contributed by atoms with E-state index in [0.29, 0.717) is 12.2 Å². The molecule has 0 heterocycles. The highest BCUT2D eigenvalue weighted by molar-refractivity contribution is 5.87. The van der Waals surface area contributed by atoms with Crippen molar-refractivity contribution in [3.05, 3.63) is 76.9 Å². The Bertz CT molecular complexity index is 742. The van der Waals surface area contributed by atoms with Crippen LogP contribution in [0.3, 0.4) is 0 Å². The number of hydrogen-bond donors (Lipinski definition) is 1. The quantitative estimate of drug-likeness (QED) is 0.667. The van der Waals surface area contributed by atoms with Crippen molar-refractivity contribution in [1.82, 2.24) is 0 Å². The first-order chi connectivity index (χ1) is 11.1. The van der Waals surface area contributed by atoms with Crippen LogP contribution in [0.5, 0.6) is 5.75 Å². The Balaban J connectivity index is 2.14. The number of carbonyl (C=O) groups is 1. The second-order valence-electron chi connectivity index (χ2n) is 5.17. The number of aryl methyl sites for hydroxylation is 1. The fourth-order valence-corrected chi connectivity index (χ4v) is 2.24. The summed E-state index contributed by atoms with van der Waals surface area (Å²) in [7, 11) is 1.36. The van der Waals surface area contributed by atoms with Gasteiger partial charge in [-0.1, -0.05) is 54.6 Å². The van der Waals surface area contributed by atoms with E-state index < -0.39 is 0 Å². The van der Waals surface area contributed by atoms with Crippen LogP contribution in [-0.2, 0) is 16.0 Å². The molecule has 0 aliphatic rings. The second kappa shape index (κ2) is 7.99. The fourth-order valence-electron chi connectivity index (χ4n) is 2.24. The predicted molar refractivity (Wildman–Crippen MR) is 93.1 cm³/mol. The minimum Gasteiger partial charge on any atom is -0.507 e. The lowest BCUT2D eigenvalue weighted by atomic mass is 10.0. The number of rotatable bonds is 5. The first kappa shape index (κ1) is 16.6. The Labute approximate surface area is 136 Å². The summed E-state index contributed by atoms with van der Waals surface area (Å²) in [4.78, 5) is 11.2. The van der Waals surface area contributed by atoms with Gasteiger partial charge in [0.05, 0.1) is 7.11 Å². The first-order valence-corrected chi connectivity index (χ1v) is 7.41. The lowest BCUT2D eigenvalue weighted by molar-refractivity contribution is -0.134. The molecular weight excluding hydrogens is 288 g/mol. The van der Waals surface area contributed by atoms with Crippen LogP contribution in [0, 0.1) is 6.92 Å². The van der Waals surface area contributed by atoms with E-state index in [1.807, 2.05) is 61.5 Å². The molecule has 3 heteroatoms. The van der Waals surface area contributed by atoms with E-state index in [4.69, 9.17) is 0 Å². The van der Waals surface area contributed by atoms with Gasteiger partial charge in [0.25, 0.3) is 0 Å². The number of phenols is 1. The van der Waals surface area contributed by atoms with Crippen molar-refractivity contribution in [2.45, 2.75) is 13.3 Å². The normalized spacial score (nSPS) is 11.2. The zero-order valence-electron chi connectivity index (χ0n) is 13.3. The highest BCUT2D eigenvalue weighted by Gasteiger charge is 2.01. The van der Waals surface area contributed by atoms with Gasteiger partial charge in [-0.05, 0) is 36.1 Å². The van der Waals surface area contributed by atoms with Gasteiger partial charge in [0.2, 0.25) is 0 Å². The number of ether oxygens (including phenoxy) is 1. The van der Waals surface area contributed by atoms with Gasteiger partial charge in [-0.3, -0.25) is 0 Å². The molecule has 118 valence electrons. The van der Waals surface area contributed by atoms with Gasteiger partial charge in [-0.2, -0.15) is 0 Å². The molecule has 0 bridgehead atoms. The van der Waals surface area contributed by atoms with E-state index in [-0.39, 0.29) is 5.97 Å². The van der Waals surface area contributed by atoms with Crippen LogP contribution < -0.4 is 0 Å². The van der Waals surface area contributed by atoms with Gasteiger partial charge in [0.15, 0.2) is 0 Å². The van der Waals surface area contributed by atoms with Crippen molar-refractivity contribution < 1.29 is 14.6 Å². The molecule has 0 radical (unpaired) electrons. The number of methoxy groups -OCH3 is 1. The summed E-state index contributed by atoms with van der Waals surface area (Å²) in [5.41, 5.74) is 3.72. The van der Waals surface area contributed by atoms with Crippen molar-refractivity contribution in [3.8, 4) is 5.75 Å². The third kappa shape index (κ3) is 4.58. The molecule has 2 aromatic rings. The molecule has 0 fully saturated rings. The van der Waals surface area contributed by atoms with Crippen LogP contribution >= 0.6 is 0 Å². The van der Waals surface area contributed by atoms with E-state index in [0.717, 1.165) is 22.3 Å². The van der Waals surface area contributed by atoms with Crippen molar-refractivity contribution in [2.24, 2.45) is 0 Å². The second-order valence-corrected chi connectivity index (χ2v) is 5.17.